The molecule has 1 fully saturated rings. The Balaban J connectivity index is 1.41. The number of aryl methyl sites for hydroxylation is 1. The fourth-order valence-electron chi connectivity index (χ4n) is 3.55. The molecule has 5 nitrogen and oxygen atoms in total. The molecule has 2 aliphatic heterocycles. The van der Waals surface area contributed by atoms with Gasteiger partial charge in [-0.25, -0.2) is 0 Å². The molecule has 0 saturated carbocycles. The molecule has 1 aromatic carbocycles. The molecule has 0 radical (unpaired) electrons. The van der Waals surface area contributed by atoms with Gasteiger partial charge in [0.15, 0.2) is 11.5 Å². The van der Waals surface area contributed by atoms with Crippen molar-refractivity contribution in [3.8, 4) is 11.5 Å². The van der Waals surface area contributed by atoms with E-state index in [2.05, 4.69) is 46.9 Å². The molecule has 2 aromatic rings. The van der Waals surface area contributed by atoms with Crippen molar-refractivity contribution in [2.45, 2.75) is 38.8 Å². The van der Waals surface area contributed by atoms with Crippen molar-refractivity contribution in [3.63, 3.8) is 0 Å². The second-order valence-electron chi connectivity index (χ2n) is 6.55. The highest BCUT2D eigenvalue weighted by molar-refractivity contribution is 5.45. The third-order valence-electron chi connectivity index (χ3n) is 5.03. The van der Waals surface area contributed by atoms with Gasteiger partial charge in [-0.3, -0.25) is 9.58 Å². The first-order valence-electron chi connectivity index (χ1n) is 8.35. The van der Waals surface area contributed by atoms with Gasteiger partial charge in [0.1, 0.15) is 0 Å². The minimum atomic E-state index is 0.335. The van der Waals surface area contributed by atoms with Gasteiger partial charge in [-0.2, -0.15) is 5.10 Å². The number of fused-ring (bicyclic) bond motifs is 1. The molecule has 1 unspecified atom stereocenters. The number of nitrogens with zero attached hydrogens (tertiary/aromatic N) is 3. The zero-order valence-electron chi connectivity index (χ0n) is 13.7. The van der Waals surface area contributed by atoms with E-state index < -0.39 is 0 Å². The molecule has 0 aliphatic carbocycles. The summed E-state index contributed by atoms with van der Waals surface area (Å²) < 4.78 is 13.0. The van der Waals surface area contributed by atoms with Crippen molar-refractivity contribution >= 4 is 0 Å². The Labute approximate surface area is 136 Å². The van der Waals surface area contributed by atoms with Crippen LogP contribution in [0, 0.1) is 6.92 Å². The van der Waals surface area contributed by atoms with Gasteiger partial charge in [-0.15, -0.1) is 0 Å². The van der Waals surface area contributed by atoms with Crippen LogP contribution in [-0.4, -0.2) is 34.6 Å². The number of benzene rings is 1. The summed E-state index contributed by atoms with van der Waals surface area (Å²) in [5, 5.41) is 4.47. The van der Waals surface area contributed by atoms with Crippen LogP contribution in [0.1, 0.15) is 43.0 Å². The second-order valence-corrected chi connectivity index (χ2v) is 6.55. The zero-order chi connectivity index (χ0) is 15.8. The van der Waals surface area contributed by atoms with Crippen LogP contribution in [0.25, 0.3) is 0 Å². The first-order valence-corrected chi connectivity index (χ1v) is 8.35. The molecular weight excluding hydrogens is 290 g/mol. The molecule has 1 saturated heterocycles. The van der Waals surface area contributed by atoms with Gasteiger partial charge >= 0.3 is 0 Å². The number of aromatic nitrogens is 2. The summed E-state index contributed by atoms with van der Waals surface area (Å²) in [4.78, 5) is 2.55. The SMILES string of the molecule is Cc1cnn(C2CCN(C(C)c3ccc4c(c3)OCO4)CC2)c1. The fraction of sp³-hybridized carbons (Fsp3) is 0.500. The Morgan fingerprint density at radius 1 is 1.17 bits per heavy atom. The first-order chi connectivity index (χ1) is 11.2. The summed E-state index contributed by atoms with van der Waals surface area (Å²) in [6.45, 7) is 6.90. The molecule has 0 spiro atoms. The van der Waals surface area contributed by atoms with Gasteiger partial charge in [0, 0.05) is 25.3 Å². The molecule has 1 aromatic heterocycles. The highest BCUT2D eigenvalue weighted by atomic mass is 16.7. The monoisotopic (exact) mass is 313 g/mol. The van der Waals surface area contributed by atoms with Gasteiger partial charge in [-0.05, 0) is 49.9 Å². The maximum atomic E-state index is 5.50. The minimum Gasteiger partial charge on any atom is -0.454 e. The number of likely N-dealkylation sites (tertiary alicyclic amines) is 1. The highest BCUT2D eigenvalue weighted by Crippen LogP contribution is 2.36. The third kappa shape index (κ3) is 2.81. The van der Waals surface area contributed by atoms with E-state index in [9.17, 15) is 0 Å². The van der Waals surface area contributed by atoms with Crippen molar-refractivity contribution in [2.24, 2.45) is 0 Å². The number of hydrogen-bond donors (Lipinski definition) is 0. The fourth-order valence-corrected chi connectivity index (χ4v) is 3.55. The molecule has 23 heavy (non-hydrogen) atoms. The quantitative estimate of drug-likeness (QED) is 0.871. The number of rotatable bonds is 3. The molecular formula is C18H23N3O2. The van der Waals surface area contributed by atoms with Crippen LogP contribution in [0.2, 0.25) is 0 Å². The molecule has 4 rings (SSSR count). The van der Waals surface area contributed by atoms with Crippen molar-refractivity contribution in [1.29, 1.82) is 0 Å². The third-order valence-corrected chi connectivity index (χ3v) is 5.03. The first kappa shape index (κ1) is 14.6. The van der Waals surface area contributed by atoms with E-state index in [0.29, 0.717) is 18.9 Å². The predicted molar refractivity (Wildman–Crippen MR) is 87.8 cm³/mol. The van der Waals surface area contributed by atoms with Crippen LogP contribution in [0.15, 0.2) is 30.6 Å². The topological polar surface area (TPSA) is 39.5 Å². The average Bonchev–Trinajstić information content (AvgIpc) is 3.22. The summed E-state index contributed by atoms with van der Waals surface area (Å²) in [6.07, 6.45) is 6.40. The van der Waals surface area contributed by atoms with E-state index in [4.69, 9.17) is 9.47 Å². The van der Waals surface area contributed by atoms with Crippen LogP contribution in [-0.2, 0) is 0 Å². The highest BCUT2D eigenvalue weighted by Gasteiger charge is 2.26. The van der Waals surface area contributed by atoms with Gasteiger partial charge in [0.05, 0.1) is 12.2 Å². The Morgan fingerprint density at radius 2 is 1.96 bits per heavy atom. The average molecular weight is 313 g/mol. The van der Waals surface area contributed by atoms with E-state index >= 15 is 0 Å². The molecule has 0 N–H and O–H groups in total. The second kappa shape index (κ2) is 5.89. The smallest absolute Gasteiger partial charge is 0.231 e. The Hall–Kier alpha value is -2.01. The van der Waals surface area contributed by atoms with E-state index in [1.54, 1.807) is 0 Å². The van der Waals surface area contributed by atoms with Gasteiger partial charge in [0.2, 0.25) is 6.79 Å². The zero-order valence-corrected chi connectivity index (χ0v) is 13.7. The van der Waals surface area contributed by atoms with Crippen LogP contribution >= 0.6 is 0 Å². The molecule has 3 heterocycles. The lowest BCUT2D eigenvalue weighted by molar-refractivity contribution is 0.138. The van der Waals surface area contributed by atoms with Crippen molar-refractivity contribution in [3.05, 3.63) is 41.7 Å². The van der Waals surface area contributed by atoms with Gasteiger partial charge in [-0.1, -0.05) is 6.07 Å². The van der Waals surface area contributed by atoms with Gasteiger partial charge < -0.3 is 9.47 Å². The largest absolute Gasteiger partial charge is 0.454 e. The normalized spacial score (nSPS) is 19.9. The minimum absolute atomic E-state index is 0.335. The molecule has 1 atom stereocenters. The maximum Gasteiger partial charge on any atom is 0.231 e. The standard InChI is InChI=1S/C18H23N3O2/c1-13-10-19-21(11-13)16-5-7-20(8-6-16)14(2)15-3-4-17-18(9-15)23-12-22-17/h3-4,9-11,14,16H,5-8,12H2,1-2H3. The number of ether oxygens (including phenoxy) is 2. The Bertz CT molecular complexity index is 689. The van der Waals surface area contributed by atoms with E-state index in [0.717, 1.165) is 37.4 Å². The van der Waals surface area contributed by atoms with Crippen molar-refractivity contribution in [2.75, 3.05) is 19.9 Å². The van der Waals surface area contributed by atoms with Crippen LogP contribution in [0.5, 0.6) is 11.5 Å². The van der Waals surface area contributed by atoms with Crippen LogP contribution in [0.3, 0.4) is 0 Å². The lowest BCUT2D eigenvalue weighted by atomic mass is 10.00. The predicted octanol–water partition coefficient (Wildman–Crippen LogP) is 3.32. The number of piperidine rings is 1. The summed E-state index contributed by atoms with van der Waals surface area (Å²) in [5.74, 6) is 1.73. The van der Waals surface area contributed by atoms with E-state index in [-0.39, 0.29) is 0 Å². The van der Waals surface area contributed by atoms with E-state index in [1.165, 1.54) is 11.1 Å². The summed E-state index contributed by atoms with van der Waals surface area (Å²) in [7, 11) is 0. The molecule has 0 amide bonds. The summed E-state index contributed by atoms with van der Waals surface area (Å²) in [6, 6.07) is 7.22. The van der Waals surface area contributed by atoms with Crippen LogP contribution < -0.4 is 9.47 Å². The molecule has 122 valence electrons. The molecule has 5 heteroatoms. The Kier molecular flexibility index (Phi) is 3.73. The summed E-state index contributed by atoms with van der Waals surface area (Å²) in [5.41, 5.74) is 2.53. The lowest BCUT2D eigenvalue weighted by Gasteiger charge is -2.36. The molecule has 0 bridgehead atoms. The van der Waals surface area contributed by atoms with Crippen molar-refractivity contribution < 1.29 is 9.47 Å². The summed E-state index contributed by atoms with van der Waals surface area (Å²) >= 11 is 0. The maximum absolute atomic E-state index is 5.50. The number of hydrogen-bond acceptors (Lipinski definition) is 4. The van der Waals surface area contributed by atoms with Gasteiger partial charge in [0.25, 0.3) is 0 Å². The lowest BCUT2D eigenvalue weighted by Crippen LogP contribution is -2.36. The molecule has 2 aliphatic rings. The van der Waals surface area contributed by atoms with Crippen molar-refractivity contribution in [1.82, 2.24) is 14.7 Å². The Morgan fingerprint density at radius 3 is 2.70 bits per heavy atom. The van der Waals surface area contributed by atoms with Crippen LogP contribution in [0.4, 0.5) is 0 Å². The van der Waals surface area contributed by atoms with E-state index in [1.807, 2.05) is 12.3 Å².